The van der Waals surface area contributed by atoms with Crippen molar-refractivity contribution >= 4 is 23.2 Å². The van der Waals surface area contributed by atoms with Crippen molar-refractivity contribution in [3.63, 3.8) is 0 Å². The van der Waals surface area contributed by atoms with E-state index < -0.39 is 6.04 Å². The van der Waals surface area contributed by atoms with Crippen LogP contribution in [0.4, 0.5) is 11.4 Å². The molecule has 1 atom stereocenters. The SMILES string of the molecule is COCCCNC(=O)CC1Nc2cc(C)c(C)cc2NC1=O. The summed E-state index contributed by atoms with van der Waals surface area (Å²) in [4.78, 5) is 24.0. The number of carbonyl (C=O) groups is 2. The van der Waals surface area contributed by atoms with Crippen molar-refractivity contribution in [2.24, 2.45) is 0 Å². The van der Waals surface area contributed by atoms with Gasteiger partial charge < -0.3 is 20.7 Å². The first-order valence-corrected chi connectivity index (χ1v) is 7.45. The van der Waals surface area contributed by atoms with Crippen LogP contribution >= 0.6 is 0 Å². The van der Waals surface area contributed by atoms with E-state index in [1.807, 2.05) is 26.0 Å². The summed E-state index contributed by atoms with van der Waals surface area (Å²) in [6, 6.07) is 3.39. The van der Waals surface area contributed by atoms with E-state index in [1.54, 1.807) is 7.11 Å². The van der Waals surface area contributed by atoms with Crippen molar-refractivity contribution in [2.75, 3.05) is 30.9 Å². The Bertz CT molecular complexity index is 572. The van der Waals surface area contributed by atoms with Crippen molar-refractivity contribution in [3.8, 4) is 0 Å². The maximum absolute atomic E-state index is 12.1. The van der Waals surface area contributed by atoms with Gasteiger partial charge in [0.25, 0.3) is 0 Å². The first kappa shape index (κ1) is 16.3. The van der Waals surface area contributed by atoms with Gasteiger partial charge in [0.1, 0.15) is 6.04 Å². The lowest BCUT2D eigenvalue weighted by Crippen LogP contribution is -2.42. The number of aryl methyl sites for hydroxylation is 2. The van der Waals surface area contributed by atoms with Gasteiger partial charge >= 0.3 is 0 Å². The topological polar surface area (TPSA) is 79.5 Å². The largest absolute Gasteiger partial charge is 0.385 e. The number of nitrogens with one attached hydrogen (secondary N) is 3. The van der Waals surface area contributed by atoms with Gasteiger partial charge in [-0.05, 0) is 43.5 Å². The highest BCUT2D eigenvalue weighted by Crippen LogP contribution is 2.30. The molecule has 1 unspecified atom stereocenters. The molecule has 1 aliphatic rings. The smallest absolute Gasteiger partial charge is 0.247 e. The number of hydrogen-bond acceptors (Lipinski definition) is 4. The average molecular weight is 305 g/mol. The fraction of sp³-hybridized carbons (Fsp3) is 0.500. The quantitative estimate of drug-likeness (QED) is 0.697. The molecule has 2 rings (SSSR count). The van der Waals surface area contributed by atoms with Crippen LogP contribution < -0.4 is 16.0 Å². The van der Waals surface area contributed by atoms with E-state index >= 15 is 0 Å². The van der Waals surface area contributed by atoms with E-state index in [4.69, 9.17) is 4.74 Å². The summed E-state index contributed by atoms with van der Waals surface area (Å²) in [6.07, 6.45) is 0.874. The summed E-state index contributed by atoms with van der Waals surface area (Å²) in [7, 11) is 1.62. The van der Waals surface area contributed by atoms with Gasteiger partial charge in [-0.15, -0.1) is 0 Å². The highest BCUT2D eigenvalue weighted by molar-refractivity contribution is 6.05. The van der Waals surface area contributed by atoms with E-state index in [-0.39, 0.29) is 18.2 Å². The van der Waals surface area contributed by atoms with Crippen LogP contribution in [0.2, 0.25) is 0 Å². The Kier molecular flexibility index (Phi) is 5.38. The van der Waals surface area contributed by atoms with Crippen molar-refractivity contribution in [1.29, 1.82) is 0 Å². The number of anilines is 2. The zero-order chi connectivity index (χ0) is 16.1. The van der Waals surface area contributed by atoms with Crippen molar-refractivity contribution in [3.05, 3.63) is 23.3 Å². The minimum absolute atomic E-state index is 0.116. The molecular weight excluding hydrogens is 282 g/mol. The summed E-state index contributed by atoms with van der Waals surface area (Å²) in [5, 5.41) is 8.80. The Morgan fingerprint density at radius 2 is 1.95 bits per heavy atom. The second kappa shape index (κ2) is 7.26. The van der Waals surface area contributed by atoms with Gasteiger partial charge in [0.05, 0.1) is 17.8 Å². The molecule has 22 heavy (non-hydrogen) atoms. The Balaban J connectivity index is 1.94. The summed E-state index contributed by atoms with van der Waals surface area (Å²) in [5.41, 5.74) is 3.89. The van der Waals surface area contributed by atoms with Gasteiger partial charge in [-0.3, -0.25) is 9.59 Å². The molecule has 0 bridgehead atoms. The molecule has 6 nitrogen and oxygen atoms in total. The standard InChI is InChI=1S/C16H23N3O3/c1-10-7-12-13(8-11(10)2)19-16(21)14(18-12)9-15(20)17-5-4-6-22-3/h7-8,14,18H,4-6,9H2,1-3H3,(H,17,20)(H,19,21). The predicted molar refractivity (Wildman–Crippen MR) is 86.1 cm³/mol. The Labute approximate surface area is 130 Å². The molecule has 6 heteroatoms. The molecule has 0 saturated heterocycles. The van der Waals surface area contributed by atoms with Gasteiger partial charge in [-0.25, -0.2) is 0 Å². The molecule has 1 aromatic rings. The number of ether oxygens (including phenoxy) is 1. The van der Waals surface area contributed by atoms with Crippen molar-refractivity contribution < 1.29 is 14.3 Å². The molecule has 3 N–H and O–H groups in total. The normalized spacial score (nSPS) is 16.5. The van der Waals surface area contributed by atoms with E-state index in [0.717, 1.165) is 28.9 Å². The first-order valence-electron chi connectivity index (χ1n) is 7.45. The maximum atomic E-state index is 12.1. The molecule has 0 aliphatic carbocycles. The molecule has 120 valence electrons. The van der Waals surface area contributed by atoms with Crippen molar-refractivity contribution in [1.82, 2.24) is 5.32 Å². The second-order valence-electron chi connectivity index (χ2n) is 5.57. The highest BCUT2D eigenvalue weighted by atomic mass is 16.5. The number of carbonyl (C=O) groups excluding carboxylic acids is 2. The Morgan fingerprint density at radius 3 is 2.64 bits per heavy atom. The van der Waals surface area contributed by atoms with E-state index in [1.165, 1.54) is 0 Å². The number of methoxy groups -OCH3 is 1. The molecule has 0 saturated carbocycles. The molecule has 1 aliphatic heterocycles. The van der Waals surface area contributed by atoms with Crippen LogP contribution in [-0.2, 0) is 14.3 Å². The van der Waals surface area contributed by atoms with E-state index in [0.29, 0.717) is 13.2 Å². The molecule has 0 fully saturated rings. The van der Waals surface area contributed by atoms with E-state index in [9.17, 15) is 9.59 Å². The third-order valence-electron chi connectivity index (χ3n) is 3.77. The number of rotatable bonds is 6. The Morgan fingerprint density at radius 1 is 1.27 bits per heavy atom. The summed E-state index contributed by atoms with van der Waals surface area (Å²) in [6.45, 7) is 5.18. The third kappa shape index (κ3) is 3.98. The van der Waals surface area contributed by atoms with Crippen LogP contribution in [0.1, 0.15) is 24.0 Å². The van der Waals surface area contributed by atoms with Crippen LogP contribution in [0.3, 0.4) is 0 Å². The molecule has 2 amide bonds. The fourth-order valence-corrected chi connectivity index (χ4v) is 2.36. The molecule has 0 spiro atoms. The monoisotopic (exact) mass is 305 g/mol. The molecule has 0 aromatic heterocycles. The van der Waals surface area contributed by atoms with Gasteiger partial charge in [0, 0.05) is 20.3 Å². The number of benzene rings is 1. The fourth-order valence-electron chi connectivity index (χ4n) is 2.36. The second-order valence-corrected chi connectivity index (χ2v) is 5.57. The third-order valence-corrected chi connectivity index (χ3v) is 3.77. The zero-order valence-corrected chi connectivity index (χ0v) is 13.3. The maximum Gasteiger partial charge on any atom is 0.247 e. The molecule has 1 heterocycles. The van der Waals surface area contributed by atoms with Crippen molar-refractivity contribution in [2.45, 2.75) is 32.7 Å². The highest BCUT2D eigenvalue weighted by Gasteiger charge is 2.27. The summed E-state index contributed by atoms with van der Waals surface area (Å²) in [5.74, 6) is -0.321. The number of hydrogen-bond donors (Lipinski definition) is 3. The zero-order valence-electron chi connectivity index (χ0n) is 13.3. The Hall–Kier alpha value is -2.08. The van der Waals surface area contributed by atoms with Crippen LogP contribution in [0.15, 0.2) is 12.1 Å². The van der Waals surface area contributed by atoms with Crippen LogP contribution in [0, 0.1) is 13.8 Å². The lowest BCUT2D eigenvalue weighted by atomic mass is 10.0. The van der Waals surface area contributed by atoms with Crippen LogP contribution in [0.5, 0.6) is 0 Å². The summed E-state index contributed by atoms with van der Waals surface area (Å²) >= 11 is 0. The van der Waals surface area contributed by atoms with Crippen LogP contribution in [0.25, 0.3) is 0 Å². The predicted octanol–water partition coefficient (Wildman–Crippen LogP) is 1.58. The minimum Gasteiger partial charge on any atom is -0.385 e. The lowest BCUT2D eigenvalue weighted by molar-refractivity contribution is -0.125. The van der Waals surface area contributed by atoms with Crippen LogP contribution in [-0.4, -0.2) is 38.1 Å². The average Bonchev–Trinajstić information content (AvgIpc) is 2.47. The molecule has 0 radical (unpaired) electrons. The lowest BCUT2D eigenvalue weighted by Gasteiger charge is -2.27. The van der Waals surface area contributed by atoms with Gasteiger partial charge in [-0.1, -0.05) is 0 Å². The molecular formula is C16H23N3O3. The first-order chi connectivity index (χ1) is 10.5. The molecule has 1 aromatic carbocycles. The minimum atomic E-state index is -0.544. The summed E-state index contributed by atoms with van der Waals surface area (Å²) < 4.78 is 4.92. The number of fused-ring (bicyclic) bond motifs is 1. The van der Waals surface area contributed by atoms with Gasteiger partial charge in [-0.2, -0.15) is 0 Å². The van der Waals surface area contributed by atoms with Gasteiger partial charge in [0.2, 0.25) is 11.8 Å². The van der Waals surface area contributed by atoms with E-state index in [2.05, 4.69) is 16.0 Å². The number of amides is 2. The van der Waals surface area contributed by atoms with Gasteiger partial charge in [0.15, 0.2) is 0 Å².